The molecular weight excluding hydrogens is 381 g/mol. The summed E-state index contributed by atoms with van der Waals surface area (Å²) in [6, 6.07) is 5.28. The van der Waals surface area contributed by atoms with E-state index in [9.17, 15) is 9.18 Å². The number of aromatic nitrogens is 1. The minimum Gasteiger partial charge on any atom is -0.444 e. The van der Waals surface area contributed by atoms with Crippen LogP contribution in [-0.2, 0) is 4.74 Å². The lowest BCUT2D eigenvalue weighted by atomic mass is 10.1. The molecule has 0 spiro atoms. The number of benzene rings is 1. The molecule has 2 fully saturated rings. The molecule has 1 aromatic heterocycles. The highest BCUT2D eigenvalue weighted by atomic mass is 35.5. The fourth-order valence-electron chi connectivity index (χ4n) is 3.49. The molecule has 1 saturated heterocycles. The van der Waals surface area contributed by atoms with Gasteiger partial charge >= 0.3 is 6.09 Å². The summed E-state index contributed by atoms with van der Waals surface area (Å²) >= 11 is 6.45. The predicted octanol–water partition coefficient (Wildman–Crippen LogP) is 4.96. The van der Waals surface area contributed by atoms with Gasteiger partial charge in [0.1, 0.15) is 11.1 Å². The fraction of sp³-hybridized carbons (Fsp3) is 0.524. The number of anilines is 1. The molecule has 7 heteroatoms. The molecule has 0 bridgehead atoms. The van der Waals surface area contributed by atoms with Crippen LogP contribution < -0.4 is 4.90 Å². The minimum absolute atomic E-state index is 0.309. The number of ether oxygens (including phenoxy) is 1. The molecule has 1 saturated carbocycles. The van der Waals surface area contributed by atoms with Gasteiger partial charge in [-0.1, -0.05) is 11.6 Å². The van der Waals surface area contributed by atoms with Gasteiger partial charge in [-0.3, -0.25) is 0 Å². The molecule has 0 N–H and O–H groups in total. The molecule has 4 rings (SSSR count). The smallest absolute Gasteiger partial charge is 0.410 e. The van der Waals surface area contributed by atoms with Crippen LogP contribution in [0.3, 0.4) is 0 Å². The molecule has 2 heterocycles. The molecule has 0 radical (unpaired) electrons. The minimum atomic E-state index is -0.515. The second kappa shape index (κ2) is 7.07. The Morgan fingerprint density at radius 1 is 1.18 bits per heavy atom. The molecule has 1 aliphatic carbocycles. The zero-order valence-electron chi connectivity index (χ0n) is 16.5. The molecule has 1 aromatic carbocycles. The van der Waals surface area contributed by atoms with Crippen molar-refractivity contribution in [2.24, 2.45) is 0 Å². The third-order valence-electron chi connectivity index (χ3n) is 5.11. The van der Waals surface area contributed by atoms with Gasteiger partial charge in [-0.25, -0.2) is 14.2 Å². The van der Waals surface area contributed by atoms with E-state index < -0.39 is 5.60 Å². The van der Waals surface area contributed by atoms with Gasteiger partial charge in [-0.2, -0.15) is 0 Å². The van der Waals surface area contributed by atoms with Crippen LogP contribution in [-0.4, -0.2) is 47.8 Å². The zero-order chi connectivity index (χ0) is 20.1. The molecule has 1 aliphatic heterocycles. The first-order chi connectivity index (χ1) is 13.2. The quantitative estimate of drug-likeness (QED) is 0.708. The average molecular weight is 406 g/mol. The Balaban J connectivity index is 1.52. The van der Waals surface area contributed by atoms with Crippen molar-refractivity contribution < 1.29 is 13.9 Å². The molecule has 5 nitrogen and oxygen atoms in total. The van der Waals surface area contributed by atoms with Crippen LogP contribution in [0.5, 0.6) is 0 Å². The van der Waals surface area contributed by atoms with Gasteiger partial charge < -0.3 is 14.5 Å². The summed E-state index contributed by atoms with van der Waals surface area (Å²) in [6.45, 7) is 7.83. The number of halogens is 2. The summed E-state index contributed by atoms with van der Waals surface area (Å²) in [7, 11) is 0. The number of hydrogen-bond acceptors (Lipinski definition) is 4. The molecule has 28 heavy (non-hydrogen) atoms. The third-order valence-corrected chi connectivity index (χ3v) is 5.43. The zero-order valence-corrected chi connectivity index (χ0v) is 17.2. The topological polar surface area (TPSA) is 45.7 Å². The van der Waals surface area contributed by atoms with Gasteiger partial charge in [0.15, 0.2) is 5.82 Å². The highest BCUT2D eigenvalue weighted by Gasteiger charge is 2.28. The predicted molar refractivity (Wildman–Crippen MR) is 109 cm³/mol. The van der Waals surface area contributed by atoms with Gasteiger partial charge in [0, 0.05) is 48.9 Å². The van der Waals surface area contributed by atoms with E-state index in [1.807, 2.05) is 32.9 Å². The van der Waals surface area contributed by atoms with Gasteiger partial charge in [0.05, 0.1) is 5.02 Å². The summed E-state index contributed by atoms with van der Waals surface area (Å²) < 4.78 is 20.2. The lowest BCUT2D eigenvalue weighted by molar-refractivity contribution is 0.0240. The Kier molecular flexibility index (Phi) is 4.86. The maximum Gasteiger partial charge on any atom is 0.410 e. The first-order valence-electron chi connectivity index (χ1n) is 9.74. The number of pyridine rings is 1. The van der Waals surface area contributed by atoms with Gasteiger partial charge in [0.25, 0.3) is 0 Å². The number of carbonyl (C=O) groups is 1. The molecule has 150 valence electrons. The Morgan fingerprint density at radius 2 is 1.86 bits per heavy atom. The number of amides is 1. The molecule has 1 amide bonds. The van der Waals surface area contributed by atoms with Crippen LogP contribution >= 0.6 is 11.6 Å². The van der Waals surface area contributed by atoms with Crippen LogP contribution in [0.25, 0.3) is 10.9 Å². The summed E-state index contributed by atoms with van der Waals surface area (Å²) in [4.78, 5) is 20.5. The maximum absolute atomic E-state index is 14.8. The highest BCUT2D eigenvalue weighted by molar-refractivity contribution is 6.35. The first kappa shape index (κ1) is 19.2. The van der Waals surface area contributed by atoms with Crippen LogP contribution in [0.2, 0.25) is 5.02 Å². The van der Waals surface area contributed by atoms with Gasteiger partial charge in [0.2, 0.25) is 0 Å². The lowest BCUT2D eigenvalue weighted by Crippen LogP contribution is -2.50. The Labute approximate surface area is 169 Å². The van der Waals surface area contributed by atoms with Crippen molar-refractivity contribution in [2.75, 3.05) is 31.1 Å². The van der Waals surface area contributed by atoms with Gasteiger partial charge in [-0.05, 0) is 51.8 Å². The first-order valence-corrected chi connectivity index (χ1v) is 10.1. The van der Waals surface area contributed by atoms with Crippen LogP contribution in [0, 0.1) is 5.82 Å². The number of hydrogen-bond donors (Lipinski definition) is 0. The van der Waals surface area contributed by atoms with E-state index in [0.717, 1.165) is 24.2 Å². The van der Waals surface area contributed by atoms with E-state index in [2.05, 4.69) is 9.88 Å². The molecule has 2 aromatic rings. The summed E-state index contributed by atoms with van der Waals surface area (Å²) in [5.41, 5.74) is 1.47. The van der Waals surface area contributed by atoms with Gasteiger partial charge in [-0.15, -0.1) is 0 Å². The summed E-state index contributed by atoms with van der Waals surface area (Å²) in [5, 5.41) is 1.18. The normalized spacial score (nSPS) is 17.9. The number of rotatable bonds is 2. The van der Waals surface area contributed by atoms with E-state index in [1.54, 1.807) is 4.90 Å². The standard InChI is InChI=1S/C21H25ClFN3O2/c1-21(2,3)28-20(27)26-8-6-25(7-9-26)14-10-15-16(22)12-18(13-4-5-13)24-19(15)17(23)11-14/h10-13H,4-9H2,1-3H3. The van der Waals surface area contributed by atoms with E-state index >= 15 is 0 Å². The number of piperazine rings is 1. The number of nitrogens with zero attached hydrogens (tertiary/aromatic N) is 3. The van der Waals surface area contributed by atoms with Crippen molar-refractivity contribution >= 4 is 34.3 Å². The van der Waals surface area contributed by atoms with Crippen molar-refractivity contribution in [3.63, 3.8) is 0 Å². The summed E-state index contributed by atoms with van der Waals surface area (Å²) in [5.74, 6) is 0.0633. The van der Waals surface area contributed by atoms with Crippen molar-refractivity contribution in [3.8, 4) is 0 Å². The number of fused-ring (bicyclic) bond motifs is 1. The van der Waals surface area contributed by atoms with E-state index in [1.165, 1.54) is 6.07 Å². The average Bonchev–Trinajstić information content (AvgIpc) is 3.46. The molecule has 0 unspecified atom stereocenters. The van der Waals surface area contributed by atoms with Crippen molar-refractivity contribution in [1.82, 2.24) is 9.88 Å². The van der Waals surface area contributed by atoms with E-state index in [0.29, 0.717) is 48.0 Å². The van der Waals surface area contributed by atoms with Crippen LogP contribution in [0.15, 0.2) is 18.2 Å². The Morgan fingerprint density at radius 3 is 2.46 bits per heavy atom. The fourth-order valence-corrected chi connectivity index (χ4v) is 3.75. The largest absolute Gasteiger partial charge is 0.444 e. The van der Waals surface area contributed by atoms with Crippen molar-refractivity contribution in [1.29, 1.82) is 0 Å². The maximum atomic E-state index is 14.8. The second-order valence-corrected chi connectivity index (χ2v) is 8.99. The van der Waals surface area contributed by atoms with Crippen LogP contribution in [0.4, 0.5) is 14.9 Å². The number of carbonyl (C=O) groups excluding carboxylic acids is 1. The molecule has 0 atom stereocenters. The van der Waals surface area contributed by atoms with Crippen molar-refractivity contribution in [2.45, 2.75) is 45.1 Å². The second-order valence-electron chi connectivity index (χ2n) is 8.58. The highest BCUT2D eigenvalue weighted by Crippen LogP contribution is 2.41. The van der Waals surface area contributed by atoms with Crippen LogP contribution in [0.1, 0.15) is 45.2 Å². The Bertz CT molecular complexity index is 916. The Hall–Kier alpha value is -2.08. The van der Waals surface area contributed by atoms with E-state index in [-0.39, 0.29) is 11.9 Å². The molecule has 2 aliphatic rings. The van der Waals surface area contributed by atoms with Crippen molar-refractivity contribution in [3.05, 3.63) is 34.7 Å². The third kappa shape index (κ3) is 4.02. The monoisotopic (exact) mass is 405 g/mol. The van der Waals surface area contributed by atoms with E-state index in [4.69, 9.17) is 16.3 Å². The molecular formula is C21H25ClFN3O2. The lowest BCUT2D eigenvalue weighted by Gasteiger charge is -2.36. The SMILES string of the molecule is CC(C)(C)OC(=O)N1CCN(c2cc(F)c3nc(C4CC4)cc(Cl)c3c2)CC1. The summed E-state index contributed by atoms with van der Waals surface area (Å²) in [6.07, 6.45) is 1.88.